The fourth-order valence-electron chi connectivity index (χ4n) is 2.16. The van der Waals surface area contributed by atoms with Crippen LogP contribution in [0.25, 0.3) is 0 Å². The third kappa shape index (κ3) is 1.84. The molecule has 1 aliphatic rings. The van der Waals surface area contributed by atoms with Crippen molar-refractivity contribution in [1.82, 2.24) is 4.90 Å². The molecule has 0 spiro atoms. The van der Waals surface area contributed by atoms with Gasteiger partial charge in [0.25, 0.3) is 0 Å². The van der Waals surface area contributed by atoms with Crippen molar-refractivity contribution < 1.29 is 4.79 Å². The van der Waals surface area contributed by atoms with Crippen LogP contribution < -0.4 is 5.73 Å². The van der Waals surface area contributed by atoms with Crippen molar-refractivity contribution in [3.8, 4) is 12.3 Å². The fourth-order valence-corrected chi connectivity index (χ4v) is 2.16. The zero-order valence-electron chi connectivity index (χ0n) is 10.5. The van der Waals surface area contributed by atoms with Crippen molar-refractivity contribution in [2.75, 3.05) is 6.54 Å². The molecule has 0 bridgehead atoms. The van der Waals surface area contributed by atoms with Gasteiger partial charge in [0, 0.05) is 0 Å². The molecule has 1 aromatic carbocycles. The third-order valence-corrected chi connectivity index (χ3v) is 3.27. The molecule has 1 aliphatic heterocycles. The normalized spacial score (nSPS) is 18.7. The van der Waals surface area contributed by atoms with Crippen LogP contribution in [-0.4, -0.2) is 23.3 Å². The Morgan fingerprint density at radius 2 is 2.22 bits per heavy atom. The van der Waals surface area contributed by atoms with Crippen LogP contribution >= 0.6 is 0 Å². The first-order chi connectivity index (χ1) is 8.56. The molecule has 18 heavy (non-hydrogen) atoms. The monoisotopic (exact) mass is 241 g/mol. The van der Waals surface area contributed by atoms with E-state index in [1.807, 2.05) is 32.0 Å². The topological polar surface area (TPSA) is 58.7 Å². The molecule has 2 amide bonds. The molecule has 0 radical (unpaired) electrons. The molecule has 0 aliphatic carbocycles. The van der Waals surface area contributed by atoms with Gasteiger partial charge in [-0.2, -0.15) is 4.99 Å². The Kier molecular flexibility index (Phi) is 3.07. The van der Waals surface area contributed by atoms with E-state index in [-0.39, 0.29) is 18.6 Å². The number of amidine groups is 1. The van der Waals surface area contributed by atoms with Crippen LogP contribution in [0.15, 0.2) is 23.2 Å². The van der Waals surface area contributed by atoms with Gasteiger partial charge in [0.15, 0.2) is 0 Å². The van der Waals surface area contributed by atoms with E-state index < -0.39 is 0 Å². The van der Waals surface area contributed by atoms with E-state index in [0.717, 1.165) is 16.7 Å². The fraction of sp³-hybridized carbons (Fsp3) is 0.286. The van der Waals surface area contributed by atoms with Gasteiger partial charge in [0.05, 0.1) is 6.54 Å². The van der Waals surface area contributed by atoms with Crippen molar-refractivity contribution in [3.63, 3.8) is 0 Å². The number of hydrogen-bond acceptors (Lipinski definition) is 2. The Bertz CT molecular complexity index is 569. The second kappa shape index (κ2) is 4.53. The van der Waals surface area contributed by atoms with Crippen LogP contribution in [0.5, 0.6) is 0 Å². The number of benzene rings is 1. The van der Waals surface area contributed by atoms with Gasteiger partial charge < -0.3 is 5.73 Å². The molecule has 4 nitrogen and oxygen atoms in total. The smallest absolute Gasteiger partial charge is 0.346 e. The minimum absolute atomic E-state index is 0.209. The second-order valence-corrected chi connectivity index (χ2v) is 4.34. The highest BCUT2D eigenvalue weighted by molar-refractivity contribution is 6.03. The second-order valence-electron chi connectivity index (χ2n) is 4.34. The van der Waals surface area contributed by atoms with Gasteiger partial charge in [0.2, 0.25) is 0 Å². The third-order valence-electron chi connectivity index (χ3n) is 3.27. The van der Waals surface area contributed by atoms with Crippen LogP contribution in [0.2, 0.25) is 0 Å². The predicted octanol–water partition coefficient (Wildman–Crippen LogP) is 1.77. The molecule has 0 fully saturated rings. The van der Waals surface area contributed by atoms with E-state index in [2.05, 4.69) is 10.9 Å². The van der Waals surface area contributed by atoms with Gasteiger partial charge in [-0.05, 0) is 30.5 Å². The summed E-state index contributed by atoms with van der Waals surface area (Å²) in [4.78, 5) is 17.0. The molecule has 92 valence electrons. The van der Waals surface area contributed by atoms with Crippen LogP contribution in [0.1, 0.15) is 22.7 Å². The maximum Gasteiger partial charge on any atom is 0.346 e. The van der Waals surface area contributed by atoms with E-state index in [0.29, 0.717) is 5.84 Å². The zero-order valence-corrected chi connectivity index (χ0v) is 10.5. The first-order valence-electron chi connectivity index (χ1n) is 5.70. The summed E-state index contributed by atoms with van der Waals surface area (Å²) in [6.07, 6.45) is 5.29. The number of nitrogens with two attached hydrogens (primary N) is 1. The number of rotatable bonds is 2. The van der Waals surface area contributed by atoms with Gasteiger partial charge in [-0.1, -0.05) is 24.1 Å². The molecule has 2 N–H and O–H groups in total. The number of aliphatic imine (C=N–C) groups is 1. The van der Waals surface area contributed by atoms with Gasteiger partial charge in [-0.25, -0.2) is 4.79 Å². The maximum atomic E-state index is 11.7. The summed E-state index contributed by atoms with van der Waals surface area (Å²) in [7, 11) is 0. The number of amides is 2. The first-order valence-corrected chi connectivity index (χ1v) is 5.70. The van der Waals surface area contributed by atoms with Crippen LogP contribution in [-0.2, 0) is 0 Å². The molecule has 2 rings (SSSR count). The van der Waals surface area contributed by atoms with Crippen molar-refractivity contribution in [2.45, 2.75) is 19.9 Å². The quantitative estimate of drug-likeness (QED) is 0.802. The zero-order chi connectivity index (χ0) is 13.3. The average molecular weight is 241 g/mol. The summed E-state index contributed by atoms with van der Waals surface area (Å²) in [6, 6.07) is 5.22. The number of nitrogens with zero attached hydrogens (tertiary/aromatic N) is 2. The highest BCUT2D eigenvalue weighted by atomic mass is 16.2. The number of terminal acetylenes is 1. The number of carbonyl (C=O) groups is 1. The lowest BCUT2D eigenvalue weighted by atomic mass is 9.96. The molecular weight excluding hydrogens is 226 g/mol. The molecule has 0 saturated heterocycles. The molecule has 4 heteroatoms. The Morgan fingerprint density at radius 3 is 2.89 bits per heavy atom. The average Bonchev–Trinajstić information content (AvgIpc) is 2.59. The SMILES string of the molecule is C#CCN1C(=O)N=C(N)C1c1cccc(C)c1C. The number of aryl methyl sites for hydroxylation is 1. The Labute approximate surface area is 107 Å². The molecule has 0 saturated carbocycles. The van der Waals surface area contributed by atoms with Gasteiger partial charge in [-0.3, -0.25) is 4.90 Å². The lowest BCUT2D eigenvalue weighted by molar-refractivity contribution is 0.213. The number of urea groups is 1. The molecule has 1 unspecified atom stereocenters. The van der Waals surface area contributed by atoms with Gasteiger partial charge >= 0.3 is 6.03 Å². The van der Waals surface area contributed by atoms with E-state index >= 15 is 0 Å². The lowest BCUT2D eigenvalue weighted by Crippen LogP contribution is -2.34. The van der Waals surface area contributed by atoms with Crippen molar-refractivity contribution in [1.29, 1.82) is 0 Å². The standard InChI is InChI=1S/C14H15N3O/c1-4-8-17-12(13(15)16-14(17)18)11-7-5-6-9(2)10(11)3/h1,5-7,12H,8H2,2-3H3,(H2,15,16,18). The Morgan fingerprint density at radius 1 is 1.50 bits per heavy atom. The summed E-state index contributed by atoms with van der Waals surface area (Å²) in [6.45, 7) is 4.24. The van der Waals surface area contributed by atoms with Gasteiger partial charge in [-0.15, -0.1) is 6.42 Å². The highest BCUT2D eigenvalue weighted by Crippen LogP contribution is 2.29. The van der Waals surface area contributed by atoms with Gasteiger partial charge in [0.1, 0.15) is 11.9 Å². The van der Waals surface area contributed by atoms with Crippen molar-refractivity contribution >= 4 is 11.9 Å². The highest BCUT2D eigenvalue weighted by Gasteiger charge is 2.34. The summed E-state index contributed by atoms with van der Waals surface area (Å²) in [5, 5.41) is 0. The molecule has 1 aromatic rings. The summed E-state index contributed by atoms with van der Waals surface area (Å²) in [5.41, 5.74) is 9.11. The minimum atomic E-state index is -0.364. The predicted molar refractivity (Wildman–Crippen MR) is 71.2 cm³/mol. The van der Waals surface area contributed by atoms with Crippen LogP contribution in [0.4, 0.5) is 4.79 Å². The number of carbonyl (C=O) groups excluding carboxylic acids is 1. The summed E-state index contributed by atoms with van der Waals surface area (Å²) < 4.78 is 0. The van der Waals surface area contributed by atoms with Crippen LogP contribution in [0, 0.1) is 26.2 Å². The lowest BCUT2D eigenvalue weighted by Gasteiger charge is -2.24. The van der Waals surface area contributed by atoms with E-state index in [1.165, 1.54) is 4.90 Å². The molecule has 1 atom stereocenters. The van der Waals surface area contributed by atoms with Crippen LogP contribution in [0.3, 0.4) is 0 Å². The Balaban J connectivity index is 2.48. The largest absolute Gasteiger partial charge is 0.385 e. The molecule has 1 heterocycles. The van der Waals surface area contributed by atoms with E-state index in [4.69, 9.17) is 12.2 Å². The van der Waals surface area contributed by atoms with E-state index in [1.54, 1.807) is 0 Å². The first kappa shape index (κ1) is 12.2. The number of hydrogen-bond donors (Lipinski definition) is 1. The summed E-state index contributed by atoms with van der Waals surface area (Å²) >= 11 is 0. The summed E-state index contributed by atoms with van der Waals surface area (Å²) in [5.74, 6) is 2.78. The Hall–Kier alpha value is -2.28. The van der Waals surface area contributed by atoms with Crippen molar-refractivity contribution in [2.24, 2.45) is 10.7 Å². The van der Waals surface area contributed by atoms with Crippen molar-refractivity contribution in [3.05, 3.63) is 34.9 Å². The molecule has 0 aromatic heterocycles. The minimum Gasteiger partial charge on any atom is -0.385 e. The molecular formula is C14H15N3O. The maximum absolute atomic E-state index is 11.7. The van der Waals surface area contributed by atoms with E-state index in [9.17, 15) is 4.79 Å².